The number of aromatic amines is 1. The van der Waals surface area contributed by atoms with Crippen LogP contribution in [0.4, 0.5) is 5.82 Å². The molecule has 0 spiro atoms. The Hall–Kier alpha value is -1.25. The molecule has 1 fully saturated rings. The van der Waals surface area contributed by atoms with Gasteiger partial charge in [0.1, 0.15) is 6.61 Å². The minimum Gasteiger partial charge on any atom is -0.486 e. The van der Waals surface area contributed by atoms with Crippen molar-refractivity contribution in [2.75, 3.05) is 43.6 Å². The maximum atomic E-state index is 11.8. The van der Waals surface area contributed by atoms with Gasteiger partial charge in [-0.25, -0.2) is 4.79 Å². The summed E-state index contributed by atoms with van der Waals surface area (Å²) < 4.78 is 11.3. The smallest absolute Gasteiger partial charge is 0.347 e. The molecule has 21 heavy (non-hydrogen) atoms. The molecule has 1 unspecified atom stereocenters. The Morgan fingerprint density at radius 1 is 1.48 bits per heavy atom. The van der Waals surface area contributed by atoms with E-state index in [0.29, 0.717) is 37.1 Å². The van der Waals surface area contributed by atoms with E-state index in [1.165, 1.54) is 0 Å². The first-order valence-electron chi connectivity index (χ1n) is 7.08. The van der Waals surface area contributed by atoms with E-state index in [-0.39, 0.29) is 18.3 Å². The van der Waals surface area contributed by atoms with Crippen LogP contribution in [-0.4, -0.2) is 59.8 Å². The molecule has 2 N–H and O–H groups in total. The summed E-state index contributed by atoms with van der Waals surface area (Å²) in [6.07, 6.45) is 0.745. The maximum absolute atomic E-state index is 11.8. The van der Waals surface area contributed by atoms with E-state index in [0.717, 1.165) is 24.4 Å². The van der Waals surface area contributed by atoms with Crippen molar-refractivity contribution in [2.45, 2.75) is 18.2 Å². The van der Waals surface area contributed by atoms with Crippen molar-refractivity contribution >= 4 is 17.6 Å². The van der Waals surface area contributed by atoms with Crippen LogP contribution < -0.4 is 15.3 Å². The lowest BCUT2D eigenvalue weighted by Gasteiger charge is -2.40. The second-order valence-corrected chi connectivity index (χ2v) is 6.14. The fourth-order valence-corrected chi connectivity index (χ4v) is 3.42. The molecule has 1 aromatic heterocycles. The molecule has 116 valence electrons. The molecule has 1 atom stereocenters. The highest BCUT2D eigenvalue weighted by atomic mass is 32.2. The van der Waals surface area contributed by atoms with Gasteiger partial charge in [-0.05, 0) is 12.2 Å². The van der Waals surface area contributed by atoms with Crippen molar-refractivity contribution < 1.29 is 14.6 Å². The van der Waals surface area contributed by atoms with Crippen LogP contribution in [0.1, 0.15) is 12.1 Å². The van der Waals surface area contributed by atoms with Crippen molar-refractivity contribution in [2.24, 2.45) is 0 Å². The number of morpholine rings is 1. The predicted octanol–water partition coefficient (Wildman–Crippen LogP) is -0.0169. The Balaban J connectivity index is 1.82. The van der Waals surface area contributed by atoms with Crippen LogP contribution in [0.2, 0.25) is 0 Å². The Kier molecular flexibility index (Phi) is 4.67. The molecule has 1 aromatic rings. The number of H-pyrrole nitrogens is 1. The second-order valence-electron chi connectivity index (χ2n) is 5.04. The van der Waals surface area contributed by atoms with Crippen molar-refractivity contribution in [3.05, 3.63) is 16.2 Å². The van der Waals surface area contributed by atoms with E-state index in [4.69, 9.17) is 14.6 Å². The first-order valence-corrected chi connectivity index (χ1v) is 8.24. The number of hydrogen-bond acceptors (Lipinski definition) is 7. The first-order chi connectivity index (χ1) is 10.3. The van der Waals surface area contributed by atoms with Gasteiger partial charge in [0.25, 0.3) is 0 Å². The average molecular weight is 313 g/mol. The Morgan fingerprint density at radius 3 is 3.24 bits per heavy atom. The molecule has 2 aliphatic rings. The van der Waals surface area contributed by atoms with Gasteiger partial charge < -0.3 is 24.5 Å². The summed E-state index contributed by atoms with van der Waals surface area (Å²) in [7, 11) is 0. The number of nitrogens with zero attached hydrogens (tertiary/aromatic N) is 2. The van der Waals surface area contributed by atoms with Gasteiger partial charge in [0.2, 0.25) is 0 Å². The molecule has 0 amide bonds. The molecule has 0 bridgehead atoms. The zero-order valence-electron chi connectivity index (χ0n) is 11.7. The van der Waals surface area contributed by atoms with Crippen molar-refractivity contribution in [1.82, 2.24) is 9.97 Å². The van der Waals surface area contributed by atoms with E-state index in [1.807, 2.05) is 0 Å². The standard InChI is InChI=1S/C13H19N3O4S/c17-3-1-5-21-8-10-11-12(15-13(18)14-10)16-2-4-19-6-9(16)7-20-11/h9,17H,1-8H2,(H,14,15,18). The van der Waals surface area contributed by atoms with Gasteiger partial charge in [0.05, 0.1) is 24.9 Å². The lowest BCUT2D eigenvalue weighted by Crippen LogP contribution is -2.52. The zero-order chi connectivity index (χ0) is 14.7. The lowest BCUT2D eigenvalue weighted by atomic mass is 10.2. The van der Waals surface area contributed by atoms with Crippen molar-refractivity contribution in [3.8, 4) is 5.75 Å². The van der Waals surface area contributed by atoms with Crippen LogP contribution in [0.5, 0.6) is 5.75 Å². The summed E-state index contributed by atoms with van der Waals surface area (Å²) in [5, 5.41) is 8.80. The number of thioether (sulfide) groups is 1. The van der Waals surface area contributed by atoms with Crippen molar-refractivity contribution in [3.63, 3.8) is 0 Å². The summed E-state index contributed by atoms with van der Waals surface area (Å²) in [5.74, 6) is 2.81. The number of nitrogens with one attached hydrogen (secondary N) is 1. The monoisotopic (exact) mass is 313 g/mol. The lowest BCUT2D eigenvalue weighted by molar-refractivity contribution is 0.0692. The SMILES string of the molecule is O=c1nc2c(c(CSCCCO)[nH]1)OCC1COCCN21. The second kappa shape index (κ2) is 6.67. The third-order valence-electron chi connectivity index (χ3n) is 3.56. The van der Waals surface area contributed by atoms with Crippen molar-refractivity contribution in [1.29, 1.82) is 0 Å². The highest BCUT2D eigenvalue weighted by Gasteiger charge is 2.33. The van der Waals surface area contributed by atoms with E-state index < -0.39 is 0 Å². The topological polar surface area (TPSA) is 87.7 Å². The van der Waals surface area contributed by atoms with Gasteiger partial charge in [0.15, 0.2) is 11.6 Å². The quantitative estimate of drug-likeness (QED) is 0.739. The molecule has 0 radical (unpaired) electrons. The molecular weight excluding hydrogens is 294 g/mol. The number of aliphatic hydroxyl groups is 1. The molecule has 0 aliphatic carbocycles. The summed E-state index contributed by atoms with van der Waals surface area (Å²) >= 11 is 1.66. The molecular formula is C13H19N3O4S. The first kappa shape index (κ1) is 14.7. The highest BCUT2D eigenvalue weighted by molar-refractivity contribution is 7.98. The van der Waals surface area contributed by atoms with Gasteiger partial charge in [-0.2, -0.15) is 16.7 Å². The molecule has 1 saturated heterocycles. The molecule has 0 aromatic carbocycles. The minimum atomic E-state index is -0.345. The molecule has 7 nitrogen and oxygen atoms in total. The summed E-state index contributed by atoms with van der Waals surface area (Å²) in [6, 6.07) is 0.135. The van der Waals surface area contributed by atoms with E-state index >= 15 is 0 Å². The summed E-state index contributed by atoms with van der Waals surface area (Å²) in [4.78, 5) is 20.8. The number of ether oxygens (including phenoxy) is 2. The molecule has 3 heterocycles. The van der Waals surface area contributed by atoms with Gasteiger partial charge in [-0.15, -0.1) is 0 Å². The largest absolute Gasteiger partial charge is 0.486 e. The fraction of sp³-hybridized carbons (Fsp3) is 0.692. The van der Waals surface area contributed by atoms with Crippen LogP contribution in [0, 0.1) is 0 Å². The Labute approximate surface area is 126 Å². The molecule has 0 saturated carbocycles. The van der Waals surface area contributed by atoms with Crippen LogP contribution in [0.25, 0.3) is 0 Å². The number of aliphatic hydroxyl groups excluding tert-OH is 1. The highest BCUT2D eigenvalue weighted by Crippen LogP contribution is 2.35. The van der Waals surface area contributed by atoms with Crippen LogP contribution in [-0.2, 0) is 10.5 Å². The summed E-state index contributed by atoms with van der Waals surface area (Å²) in [6.45, 7) is 2.72. The number of hydrogen-bond donors (Lipinski definition) is 2. The fourth-order valence-electron chi connectivity index (χ4n) is 2.54. The number of anilines is 1. The van der Waals surface area contributed by atoms with Gasteiger partial charge >= 0.3 is 5.69 Å². The predicted molar refractivity (Wildman–Crippen MR) is 80.2 cm³/mol. The van der Waals surface area contributed by atoms with Crippen LogP contribution in [0.15, 0.2) is 4.79 Å². The zero-order valence-corrected chi connectivity index (χ0v) is 12.5. The average Bonchev–Trinajstić information content (AvgIpc) is 2.51. The maximum Gasteiger partial charge on any atom is 0.347 e. The molecule has 2 aliphatic heterocycles. The Bertz CT molecular complexity index is 551. The van der Waals surface area contributed by atoms with Gasteiger partial charge in [-0.3, -0.25) is 0 Å². The number of aromatic nitrogens is 2. The number of rotatable bonds is 5. The van der Waals surface area contributed by atoms with E-state index in [1.54, 1.807) is 11.8 Å². The van der Waals surface area contributed by atoms with Crippen LogP contribution >= 0.6 is 11.8 Å². The normalized spacial score (nSPS) is 20.6. The minimum absolute atomic E-state index is 0.135. The molecule has 8 heteroatoms. The third-order valence-corrected chi connectivity index (χ3v) is 4.63. The van der Waals surface area contributed by atoms with Gasteiger partial charge in [-0.1, -0.05) is 0 Å². The van der Waals surface area contributed by atoms with Gasteiger partial charge in [0, 0.05) is 18.9 Å². The molecule has 3 rings (SSSR count). The van der Waals surface area contributed by atoms with Crippen LogP contribution in [0.3, 0.4) is 0 Å². The number of fused-ring (bicyclic) bond motifs is 3. The van der Waals surface area contributed by atoms with E-state index in [2.05, 4.69) is 14.9 Å². The van der Waals surface area contributed by atoms with E-state index in [9.17, 15) is 4.79 Å². The Morgan fingerprint density at radius 2 is 2.38 bits per heavy atom. The summed E-state index contributed by atoms with van der Waals surface area (Å²) in [5.41, 5.74) is 0.431. The third kappa shape index (κ3) is 3.17.